The van der Waals surface area contributed by atoms with Gasteiger partial charge in [0.25, 0.3) is 0 Å². The van der Waals surface area contributed by atoms with Crippen molar-refractivity contribution < 1.29 is 9.53 Å². The van der Waals surface area contributed by atoms with Gasteiger partial charge in [0.1, 0.15) is 5.82 Å². The number of nitrogens with zero attached hydrogens (tertiary/aromatic N) is 3. The van der Waals surface area contributed by atoms with Gasteiger partial charge in [-0.25, -0.2) is 9.97 Å². The van der Waals surface area contributed by atoms with Crippen LogP contribution in [-0.2, 0) is 4.79 Å². The summed E-state index contributed by atoms with van der Waals surface area (Å²) in [6.45, 7) is 1.44. The number of ether oxygens (including phenoxy) is 1. The molecule has 0 saturated heterocycles. The predicted octanol–water partition coefficient (Wildman–Crippen LogP) is 4.31. The van der Waals surface area contributed by atoms with Crippen molar-refractivity contribution in [1.29, 1.82) is 0 Å². The summed E-state index contributed by atoms with van der Waals surface area (Å²) in [6, 6.07) is 9.08. The van der Waals surface area contributed by atoms with Gasteiger partial charge in [-0.1, -0.05) is 11.6 Å². The van der Waals surface area contributed by atoms with Crippen LogP contribution in [0, 0.1) is 0 Å². The zero-order chi connectivity index (χ0) is 19.7. The number of pyridine rings is 3. The molecule has 0 fully saturated rings. The molecule has 0 bridgehead atoms. The van der Waals surface area contributed by atoms with Crippen LogP contribution in [0.5, 0.6) is 5.88 Å². The van der Waals surface area contributed by atoms with Crippen LogP contribution in [-0.4, -0.2) is 33.0 Å². The number of fused-ring (bicyclic) bond motifs is 1. The number of hydrogen-bond donors (Lipinski definition) is 2. The number of anilines is 1. The van der Waals surface area contributed by atoms with E-state index in [0.29, 0.717) is 16.7 Å². The number of aromatic nitrogens is 4. The molecule has 4 aromatic rings. The highest BCUT2D eigenvalue weighted by Gasteiger charge is 2.19. The lowest BCUT2D eigenvalue weighted by Gasteiger charge is -2.08. The van der Waals surface area contributed by atoms with Crippen LogP contribution in [0.3, 0.4) is 0 Å². The van der Waals surface area contributed by atoms with Crippen molar-refractivity contribution >= 4 is 34.4 Å². The summed E-state index contributed by atoms with van der Waals surface area (Å²) in [7, 11) is 1.57. The van der Waals surface area contributed by atoms with E-state index in [1.165, 1.54) is 6.92 Å². The molecule has 8 heteroatoms. The number of carbonyl (C=O) groups is 1. The maximum absolute atomic E-state index is 11.4. The van der Waals surface area contributed by atoms with Gasteiger partial charge in [0.15, 0.2) is 0 Å². The van der Waals surface area contributed by atoms with E-state index in [4.69, 9.17) is 16.3 Å². The van der Waals surface area contributed by atoms with Crippen molar-refractivity contribution in [2.75, 3.05) is 12.4 Å². The van der Waals surface area contributed by atoms with E-state index in [9.17, 15) is 4.79 Å². The Kier molecular flexibility index (Phi) is 4.67. The third-order valence-corrected chi connectivity index (χ3v) is 4.54. The molecule has 0 aliphatic heterocycles. The van der Waals surface area contributed by atoms with Crippen LogP contribution in [0.1, 0.15) is 6.92 Å². The number of H-pyrrole nitrogens is 1. The zero-order valence-corrected chi connectivity index (χ0v) is 15.9. The SMILES string of the molecule is COc1ccc(-c2c(-c3ccnc(NC(C)=O)c3)[nH]c3c(Cl)ccnc23)cn1. The van der Waals surface area contributed by atoms with E-state index in [-0.39, 0.29) is 5.91 Å². The summed E-state index contributed by atoms with van der Waals surface area (Å²) in [5.74, 6) is 0.792. The summed E-state index contributed by atoms with van der Waals surface area (Å²) in [6.07, 6.45) is 5.03. The molecule has 0 unspecified atom stereocenters. The topological polar surface area (TPSA) is 92.8 Å². The van der Waals surface area contributed by atoms with Crippen molar-refractivity contribution in [2.45, 2.75) is 6.92 Å². The van der Waals surface area contributed by atoms with Crippen LogP contribution >= 0.6 is 11.6 Å². The quantitative estimate of drug-likeness (QED) is 0.539. The third-order valence-electron chi connectivity index (χ3n) is 4.22. The monoisotopic (exact) mass is 393 g/mol. The van der Waals surface area contributed by atoms with Crippen LogP contribution < -0.4 is 10.1 Å². The molecule has 2 N–H and O–H groups in total. The van der Waals surface area contributed by atoms with Crippen LogP contribution in [0.4, 0.5) is 5.82 Å². The highest BCUT2D eigenvalue weighted by molar-refractivity contribution is 6.35. The molecule has 0 atom stereocenters. The minimum Gasteiger partial charge on any atom is -0.481 e. The Bertz CT molecular complexity index is 1170. The van der Waals surface area contributed by atoms with Gasteiger partial charge in [-0.2, -0.15) is 0 Å². The van der Waals surface area contributed by atoms with E-state index in [1.54, 1.807) is 43.9 Å². The Morgan fingerprint density at radius 1 is 1.11 bits per heavy atom. The molecular weight excluding hydrogens is 378 g/mol. The smallest absolute Gasteiger partial charge is 0.222 e. The van der Waals surface area contributed by atoms with Gasteiger partial charge >= 0.3 is 0 Å². The second kappa shape index (κ2) is 7.28. The minimum absolute atomic E-state index is 0.189. The largest absolute Gasteiger partial charge is 0.481 e. The van der Waals surface area contributed by atoms with Gasteiger partial charge in [0, 0.05) is 48.3 Å². The molecule has 0 spiro atoms. The number of hydrogen-bond acceptors (Lipinski definition) is 5. The molecule has 140 valence electrons. The molecule has 0 saturated carbocycles. The van der Waals surface area contributed by atoms with Crippen LogP contribution in [0.25, 0.3) is 33.4 Å². The van der Waals surface area contributed by atoms with Gasteiger partial charge in [0.2, 0.25) is 11.8 Å². The second-order valence-electron chi connectivity index (χ2n) is 6.09. The first-order valence-corrected chi connectivity index (χ1v) is 8.85. The Balaban J connectivity index is 1.95. The number of carbonyl (C=O) groups excluding carboxylic acids is 1. The lowest BCUT2D eigenvalue weighted by molar-refractivity contribution is -0.114. The molecule has 28 heavy (non-hydrogen) atoms. The number of amides is 1. The number of halogens is 1. The molecule has 4 heterocycles. The second-order valence-corrected chi connectivity index (χ2v) is 6.50. The zero-order valence-electron chi connectivity index (χ0n) is 15.2. The van der Waals surface area contributed by atoms with E-state index in [0.717, 1.165) is 33.4 Å². The predicted molar refractivity (Wildman–Crippen MR) is 108 cm³/mol. The fourth-order valence-corrected chi connectivity index (χ4v) is 3.23. The summed E-state index contributed by atoms with van der Waals surface area (Å²) in [5, 5.41) is 3.26. The number of aromatic amines is 1. The van der Waals surface area contributed by atoms with Crippen LogP contribution in [0.2, 0.25) is 5.02 Å². The average Bonchev–Trinajstić information content (AvgIpc) is 3.09. The first-order valence-electron chi connectivity index (χ1n) is 8.47. The molecule has 4 aromatic heterocycles. The summed E-state index contributed by atoms with van der Waals surface area (Å²) >= 11 is 6.39. The van der Waals surface area contributed by atoms with Crippen molar-refractivity contribution in [1.82, 2.24) is 19.9 Å². The molecular formula is C20H16ClN5O2. The molecule has 0 radical (unpaired) electrons. The van der Waals surface area contributed by atoms with Crippen molar-refractivity contribution in [3.63, 3.8) is 0 Å². The summed E-state index contributed by atoms with van der Waals surface area (Å²) in [5.41, 5.74) is 4.80. The number of nitrogens with one attached hydrogen (secondary N) is 2. The van der Waals surface area contributed by atoms with E-state index in [2.05, 4.69) is 25.3 Å². The molecule has 0 aliphatic rings. The van der Waals surface area contributed by atoms with E-state index >= 15 is 0 Å². The number of rotatable bonds is 4. The molecule has 0 aromatic carbocycles. The Morgan fingerprint density at radius 2 is 1.93 bits per heavy atom. The summed E-state index contributed by atoms with van der Waals surface area (Å²) in [4.78, 5) is 27.8. The standard InChI is InChI=1S/C20H16ClN5O2/c1-11(27)25-15-9-12(5-7-22-15)18-17(13-3-4-16(28-2)24-10-13)20-19(26-18)14(21)6-8-23-20/h3-10,26H,1-2H3,(H,22,25,27). The fourth-order valence-electron chi connectivity index (χ4n) is 3.03. The first kappa shape index (κ1) is 17.9. The maximum atomic E-state index is 11.4. The van der Waals surface area contributed by atoms with E-state index in [1.807, 2.05) is 12.1 Å². The Labute approximate surface area is 165 Å². The molecule has 7 nitrogen and oxygen atoms in total. The summed E-state index contributed by atoms with van der Waals surface area (Å²) < 4.78 is 5.16. The first-order chi connectivity index (χ1) is 13.6. The van der Waals surface area contributed by atoms with Gasteiger partial charge in [-0.15, -0.1) is 0 Å². The lowest BCUT2D eigenvalue weighted by atomic mass is 10.0. The van der Waals surface area contributed by atoms with Crippen molar-refractivity contribution in [2.24, 2.45) is 0 Å². The van der Waals surface area contributed by atoms with E-state index < -0.39 is 0 Å². The van der Waals surface area contributed by atoms with Gasteiger partial charge < -0.3 is 15.0 Å². The highest BCUT2D eigenvalue weighted by Crippen LogP contribution is 2.39. The minimum atomic E-state index is -0.189. The van der Waals surface area contributed by atoms with Gasteiger partial charge in [-0.05, 0) is 24.3 Å². The molecule has 1 amide bonds. The number of methoxy groups -OCH3 is 1. The van der Waals surface area contributed by atoms with Crippen molar-refractivity contribution in [3.05, 3.63) is 53.9 Å². The average molecular weight is 394 g/mol. The Hall–Kier alpha value is -3.45. The van der Waals surface area contributed by atoms with Gasteiger partial charge in [0.05, 0.1) is 28.9 Å². The molecule has 4 rings (SSSR count). The van der Waals surface area contributed by atoms with Crippen LogP contribution in [0.15, 0.2) is 48.9 Å². The highest BCUT2D eigenvalue weighted by atomic mass is 35.5. The fraction of sp³-hybridized carbons (Fsp3) is 0.100. The maximum Gasteiger partial charge on any atom is 0.222 e. The normalized spacial score (nSPS) is 10.8. The van der Waals surface area contributed by atoms with Gasteiger partial charge in [-0.3, -0.25) is 9.78 Å². The lowest BCUT2D eigenvalue weighted by Crippen LogP contribution is -2.07. The Morgan fingerprint density at radius 3 is 2.64 bits per heavy atom. The van der Waals surface area contributed by atoms with Crippen molar-refractivity contribution in [3.8, 4) is 28.3 Å². The third kappa shape index (κ3) is 3.27. The molecule has 0 aliphatic carbocycles.